The van der Waals surface area contributed by atoms with Gasteiger partial charge in [0, 0.05) is 35.8 Å². The Morgan fingerprint density at radius 3 is 0.225 bits per heavy atom. The zero-order valence-electron chi connectivity index (χ0n) is 75.4. The van der Waals surface area contributed by atoms with Crippen molar-refractivity contribution in [3.8, 4) is 0 Å². The van der Waals surface area contributed by atoms with E-state index < -0.39 is 35.8 Å². The van der Waals surface area contributed by atoms with E-state index in [4.69, 9.17) is 0 Å². The second-order valence-corrected chi connectivity index (χ2v) is 32.2. The van der Waals surface area contributed by atoms with Crippen LogP contribution in [0.15, 0.2) is 0 Å². The van der Waals surface area contributed by atoms with Crippen molar-refractivity contribution in [3.05, 3.63) is 0 Å². The minimum absolute atomic E-state index is 0. The van der Waals surface area contributed by atoms with Crippen molar-refractivity contribution in [1.29, 1.82) is 0 Å². The average Bonchev–Trinajstić information content (AvgIpc) is 2.18. The first-order valence-electron chi connectivity index (χ1n) is 47.8. The monoisotopic (exact) mass is 1650 g/mol. The summed E-state index contributed by atoms with van der Waals surface area (Å²) in [6.07, 6.45) is 102. The van der Waals surface area contributed by atoms with Crippen molar-refractivity contribution in [3.63, 3.8) is 0 Å². The summed E-state index contributed by atoms with van der Waals surface area (Å²) in [7, 11) is 0. The van der Waals surface area contributed by atoms with Crippen LogP contribution in [-0.4, -0.2) is 149 Å². The first kappa shape index (κ1) is 130. The molecule has 15 heteroatoms. The van der Waals surface area contributed by atoms with Crippen LogP contribution in [0.4, 0.5) is 0 Å². The van der Waals surface area contributed by atoms with E-state index >= 15 is 0 Å². The van der Waals surface area contributed by atoms with Crippen LogP contribution in [0.1, 0.15) is 581 Å². The fourth-order valence-corrected chi connectivity index (χ4v) is 13.7. The summed E-state index contributed by atoms with van der Waals surface area (Å²) in [6.45, 7) is 13.5. The Morgan fingerprint density at radius 1 is 0.117 bits per heavy atom. The molecule has 0 atom stereocenters. The predicted octanol–water partition coefficient (Wildman–Crippen LogP) is 24.2. The maximum absolute atomic E-state index is 10.2. The van der Waals surface area contributed by atoms with Gasteiger partial charge in [0.25, 0.3) is 0 Å². The van der Waals surface area contributed by atoms with Crippen LogP contribution in [-0.2, 0) is 28.8 Å². The van der Waals surface area contributed by atoms with Crippen molar-refractivity contribution in [1.82, 2.24) is 0 Å². The van der Waals surface area contributed by atoms with Gasteiger partial charge >= 0.3 is 113 Å². The van der Waals surface area contributed by atoms with Crippen LogP contribution in [0.5, 0.6) is 0 Å². The Labute approximate surface area is 781 Å². The number of carbonyl (C=O) groups excluding carboxylic acids is 6. The number of aliphatic carboxylic acids is 6. The molecule has 0 radical (unpaired) electrons. The van der Waals surface area contributed by atoms with Crippen molar-refractivity contribution in [2.75, 3.05) is 0 Å². The van der Waals surface area contributed by atoms with Crippen molar-refractivity contribution < 1.29 is 59.4 Å². The van der Waals surface area contributed by atoms with Crippen molar-refractivity contribution in [2.45, 2.75) is 581 Å². The van der Waals surface area contributed by atoms with E-state index in [0.717, 1.165) is 77.0 Å². The number of rotatable bonds is 84. The van der Waals surface area contributed by atoms with E-state index in [9.17, 15) is 59.4 Å². The molecule has 0 aromatic heterocycles. The van der Waals surface area contributed by atoms with E-state index in [1.54, 1.807) is 0 Å². The van der Waals surface area contributed by atoms with Crippen LogP contribution < -0.4 is 30.6 Å². The molecule has 0 unspecified atom stereocenters. The zero-order chi connectivity index (χ0) is 80.9. The van der Waals surface area contributed by atoms with Gasteiger partial charge in [0.1, 0.15) is 0 Å². The molecule has 0 aromatic carbocycles. The molecule has 0 fully saturated rings. The summed E-state index contributed by atoms with van der Waals surface area (Å²) < 4.78 is 0. The number of carboxylic acid groups (broad SMARTS) is 6. The summed E-state index contributed by atoms with van der Waals surface area (Å²) in [5.41, 5.74) is 0. The van der Waals surface area contributed by atoms with Gasteiger partial charge in [-0.1, -0.05) is 504 Å². The molecule has 0 amide bonds. The van der Waals surface area contributed by atoms with Gasteiger partial charge in [-0.2, -0.15) is 0 Å². The fourth-order valence-electron chi connectivity index (χ4n) is 13.7. The summed E-state index contributed by atoms with van der Waals surface area (Å²) in [5, 5.41) is 61.1. The van der Waals surface area contributed by atoms with Gasteiger partial charge in [-0.15, -0.1) is 0 Å². The molecule has 0 aliphatic carbocycles. The summed E-state index contributed by atoms with van der Waals surface area (Å²) in [6, 6.07) is 0. The number of hydrogen-bond donors (Lipinski definition) is 0. The number of hydrogen-bond acceptors (Lipinski definition) is 12. The predicted molar refractivity (Wildman–Crippen MR) is 469 cm³/mol. The second-order valence-electron chi connectivity index (χ2n) is 32.2. The van der Waals surface area contributed by atoms with Crippen LogP contribution in [0, 0.1) is 0 Å². The minimum atomic E-state index is -0.905. The fraction of sp³-hybridized carbons (Fsp3) is 0.938. The normalized spacial score (nSPS) is 10.4. The molecule has 0 aliphatic heterocycles. The third kappa shape index (κ3) is 159. The SMILES string of the molecule is CCCCCCCCCCCCCCCC(=O)[O-].CCCCCCCCCCCCCCCC(=O)[O-].CCCCCCCCCCCCCCCC(=O)[O-].CCCCCCCCCCCCCCCC(=O)[O-].CCCCCCCCCCCCCCCC(=O)[O-].CCCCCCCCCCCCCCCC(=O)[O-].[Ca+2].[Ca+2].[Ca+2]. The molecule has 0 spiro atoms. The molecule has 0 aromatic rings. The Balaban J connectivity index is -0.000000160. The number of carboxylic acids is 6. The first-order chi connectivity index (χ1) is 52.6. The van der Waals surface area contributed by atoms with E-state index in [-0.39, 0.29) is 152 Å². The third-order valence-corrected chi connectivity index (χ3v) is 20.9. The number of unbranched alkanes of at least 4 members (excludes halogenated alkanes) is 72. The van der Waals surface area contributed by atoms with E-state index in [1.165, 1.54) is 424 Å². The first-order valence-corrected chi connectivity index (χ1v) is 47.8. The van der Waals surface area contributed by atoms with Crippen molar-refractivity contribution >= 4 is 149 Å². The molecular weight excluding hydrogens is 1470 g/mol. The molecule has 648 valence electrons. The van der Waals surface area contributed by atoms with Gasteiger partial charge in [-0.05, 0) is 77.0 Å². The quantitative estimate of drug-likeness (QED) is 0.0408. The molecule has 0 bridgehead atoms. The van der Waals surface area contributed by atoms with Gasteiger partial charge in [0.2, 0.25) is 0 Å². The molecule has 0 heterocycles. The Morgan fingerprint density at radius 2 is 0.171 bits per heavy atom. The molecule has 111 heavy (non-hydrogen) atoms. The summed E-state index contributed by atoms with van der Waals surface area (Å²) in [5.74, 6) is -5.43. The summed E-state index contributed by atoms with van der Waals surface area (Å²) >= 11 is 0. The van der Waals surface area contributed by atoms with Crippen molar-refractivity contribution in [2.24, 2.45) is 0 Å². The van der Waals surface area contributed by atoms with Crippen LogP contribution in [0.25, 0.3) is 0 Å². The zero-order valence-corrected chi connectivity index (χ0v) is 82.0. The van der Waals surface area contributed by atoms with Gasteiger partial charge in [0.15, 0.2) is 0 Å². The summed E-state index contributed by atoms with van der Waals surface area (Å²) in [4.78, 5) is 61.1. The minimum Gasteiger partial charge on any atom is -0.550 e. The Bertz CT molecular complexity index is 1400. The average molecular weight is 1650 g/mol. The van der Waals surface area contributed by atoms with Crippen LogP contribution in [0.2, 0.25) is 0 Å². The third-order valence-electron chi connectivity index (χ3n) is 20.9. The standard InChI is InChI=1S/6C16H32O2.3Ca/c6*1-2-3-4-5-6-7-8-9-10-11-12-13-14-15-16(17)18;;;/h6*2-15H2,1H3,(H,17,18);;;/q;;;;;;3*+2/p-6. The maximum atomic E-state index is 10.2. The topological polar surface area (TPSA) is 241 Å². The van der Waals surface area contributed by atoms with Gasteiger partial charge in [-0.25, -0.2) is 0 Å². The second kappa shape index (κ2) is 126. The van der Waals surface area contributed by atoms with E-state index in [1.807, 2.05) is 0 Å². The van der Waals surface area contributed by atoms with Crippen LogP contribution >= 0.6 is 0 Å². The number of carbonyl (C=O) groups is 6. The molecule has 0 saturated carbocycles. The molecule has 0 saturated heterocycles. The van der Waals surface area contributed by atoms with Crippen LogP contribution in [0.3, 0.4) is 0 Å². The van der Waals surface area contributed by atoms with E-state index in [2.05, 4.69) is 41.5 Å². The molecule has 0 rings (SSSR count). The van der Waals surface area contributed by atoms with E-state index in [0.29, 0.717) is 0 Å². The van der Waals surface area contributed by atoms with Gasteiger partial charge < -0.3 is 59.4 Å². The largest absolute Gasteiger partial charge is 2.00 e. The molecular formula is C96H186Ca3O12. The smallest absolute Gasteiger partial charge is 0.550 e. The Hall–Kier alpha value is 0.599. The molecule has 0 N–H and O–H groups in total. The van der Waals surface area contributed by atoms with Gasteiger partial charge in [-0.3, -0.25) is 0 Å². The Kier molecular flexibility index (Phi) is 147. The maximum Gasteiger partial charge on any atom is 2.00 e. The van der Waals surface area contributed by atoms with Gasteiger partial charge in [0.05, 0.1) is 0 Å². The molecule has 0 aliphatic rings. The molecule has 12 nitrogen and oxygen atoms in total.